The van der Waals surface area contributed by atoms with Crippen LogP contribution in [0.2, 0.25) is 0 Å². The van der Waals surface area contributed by atoms with Crippen molar-refractivity contribution >= 4 is 34.8 Å². The SMILES string of the molecule is CNC(C(=O)Nc1nnc(C(C)(C)C)s1)c1cnn(C)c1.Cl. The molecule has 0 aliphatic carbocycles. The molecule has 1 unspecified atom stereocenters. The molecule has 0 aliphatic rings. The van der Waals surface area contributed by atoms with Crippen LogP contribution in [-0.2, 0) is 17.3 Å². The maximum Gasteiger partial charge on any atom is 0.248 e. The molecule has 2 aromatic rings. The molecule has 0 radical (unpaired) electrons. The molecule has 0 aliphatic heterocycles. The number of anilines is 1. The predicted molar refractivity (Wildman–Crippen MR) is 89.5 cm³/mol. The molecule has 2 heterocycles. The lowest BCUT2D eigenvalue weighted by atomic mass is 9.98. The van der Waals surface area contributed by atoms with Crippen molar-refractivity contribution in [2.24, 2.45) is 7.05 Å². The number of amides is 1. The Morgan fingerprint density at radius 1 is 1.36 bits per heavy atom. The minimum absolute atomic E-state index is 0. The molecule has 1 amide bonds. The van der Waals surface area contributed by atoms with E-state index < -0.39 is 6.04 Å². The molecule has 0 fully saturated rings. The Balaban J connectivity index is 0.00000242. The zero-order valence-corrected chi connectivity index (χ0v) is 14.9. The van der Waals surface area contributed by atoms with Gasteiger partial charge in [-0.25, -0.2) is 0 Å². The van der Waals surface area contributed by atoms with Gasteiger partial charge in [0.1, 0.15) is 11.0 Å². The number of aryl methyl sites for hydroxylation is 1. The van der Waals surface area contributed by atoms with Crippen molar-refractivity contribution in [1.29, 1.82) is 0 Å². The van der Waals surface area contributed by atoms with E-state index in [2.05, 4.69) is 46.7 Å². The second kappa shape index (κ2) is 7.17. The number of nitrogens with zero attached hydrogens (tertiary/aromatic N) is 4. The van der Waals surface area contributed by atoms with Crippen molar-refractivity contribution in [2.75, 3.05) is 12.4 Å². The summed E-state index contributed by atoms with van der Waals surface area (Å²) in [6.07, 6.45) is 3.48. The van der Waals surface area contributed by atoms with Crippen LogP contribution in [-0.4, -0.2) is 32.9 Å². The van der Waals surface area contributed by atoms with Crippen LogP contribution < -0.4 is 10.6 Å². The van der Waals surface area contributed by atoms with E-state index in [-0.39, 0.29) is 23.7 Å². The van der Waals surface area contributed by atoms with Gasteiger partial charge in [0.15, 0.2) is 0 Å². The van der Waals surface area contributed by atoms with Gasteiger partial charge in [0.05, 0.1) is 6.20 Å². The molecule has 0 saturated heterocycles. The maximum absolute atomic E-state index is 12.3. The lowest BCUT2D eigenvalue weighted by molar-refractivity contribution is -0.118. The molecule has 7 nitrogen and oxygen atoms in total. The molecule has 2 N–H and O–H groups in total. The molecule has 0 spiro atoms. The molecule has 0 bridgehead atoms. The number of carbonyl (C=O) groups excluding carboxylic acids is 1. The molecule has 2 aromatic heterocycles. The fourth-order valence-corrected chi connectivity index (χ4v) is 2.60. The Morgan fingerprint density at radius 2 is 2.05 bits per heavy atom. The lowest BCUT2D eigenvalue weighted by Crippen LogP contribution is -2.30. The molecular weight excluding hydrogens is 324 g/mol. The van der Waals surface area contributed by atoms with E-state index in [1.807, 2.05) is 7.05 Å². The summed E-state index contributed by atoms with van der Waals surface area (Å²) in [6.45, 7) is 6.18. The molecule has 2 rings (SSSR count). The van der Waals surface area contributed by atoms with E-state index >= 15 is 0 Å². The van der Waals surface area contributed by atoms with Gasteiger partial charge in [-0.1, -0.05) is 32.1 Å². The number of carbonyl (C=O) groups is 1. The minimum Gasteiger partial charge on any atom is -0.305 e. The topological polar surface area (TPSA) is 84.7 Å². The van der Waals surface area contributed by atoms with E-state index in [1.54, 1.807) is 24.1 Å². The summed E-state index contributed by atoms with van der Waals surface area (Å²) in [5.41, 5.74) is 0.727. The van der Waals surface area contributed by atoms with E-state index in [9.17, 15) is 4.79 Å². The van der Waals surface area contributed by atoms with E-state index in [4.69, 9.17) is 0 Å². The fraction of sp³-hybridized carbons (Fsp3) is 0.538. The molecule has 0 aromatic carbocycles. The van der Waals surface area contributed by atoms with Gasteiger partial charge in [0, 0.05) is 24.2 Å². The van der Waals surface area contributed by atoms with Crippen molar-refractivity contribution in [3.8, 4) is 0 Å². The Morgan fingerprint density at radius 3 is 2.50 bits per heavy atom. The van der Waals surface area contributed by atoms with Crippen molar-refractivity contribution < 1.29 is 4.79 Å². The van der Waals surface area contributed by atoms with Crippen LogP contribution >= 0.6 is 23.7 Å². The normalized spacial score (nSPS) is 12.6. The summed E-state index contributed by atoms with van der Waals surface area (Å²) >= 11 is 1.39. The minimum atomic E-state index is -0.472. The van der Waals surface area contributed by atoms with Gasteiger partial charge in [-0.15, -0.1) is 22.6 Å². The van der Waals surface area contributed by atoms with E-state index in [0.29, 0.717) is 5.13 Å². The Labute approximate surface area is 139 Å². The average molecular weight is 345 g/mol. The van der Waals surface area contributed by atoms with Gasteiger partial charge < -0.3 is 5.32 Å². The second-order valence-electron chi connectivity index (χ2n) is 5.82. The Bertz CT molecular complexity index is 633. The number of hydrogen-bond donors (Lipinski definition) is 2. The molecule has 0 saturated carbocycles. The van der Waals surface area contributed by atoms with Gasteiger partial charge in [-0.3, -0.25) is 14.8 Å². The number of hydrogen-bond acceptors (Lipinski definition) is 6. The van der Waals surface area contributed by atoms with Gasteiger partial charge >= 0.3 is 0 Å². The van der Waals surface area contributed by atoms with Crippen LogP contribution in [0.15, 0.2) is 12.4 Å². The van der Waals surface area contributed by atoms with Crippen LogP contribution in [0.25, 0.3) is 0 Å². The number of rotatable bonds is 4. The maximum atomic E-state index is 12.3. The highest BCUT2D eigenvalue weighted by molar-refractivity contribution is 7.15. The quantitative estimate of drug-likeness (QED) is 0.884. The van der Waals surface area contributed by atoms with Crippen molar-refractivity contribution in [3.63, 3.8) is 0 Å². The second-order valence-corrected chi connectivity index (χ2v) is 6.80. The number of aromatic nitrogens is 4. The average Bonchev–Trinajstić information content (AvgIpc) is 2.99. The third kappa shape index (κ3) is 4.25. The van der Waals surface area contributed by atoms with Gasteiger partial charge in [-0.2, -0.15) is 5.10 Å². The van der Waals surface area contributed by atoms with E-state index in [0.717, 1.165) is 10.6 Å². The number of likely N-dealkylation sites (N-methyl/N-ethyl adjacent to an activating group) is 1. The zero-order chi connectivity index (χ0) is 15.6. The molecule has 22 heavy (non-hydrogen) atoms. The molecule has 1 atom stereocenters. The predicted octanol–water partition coefficient (Wildman–Crippen LogP) is 1.89. The first kappa shape index (κ1) is 18.5. The summed E-state index contributed by atoms with van der Waals surface area (Å²) in [4.78, 5) is 12.3. The van der Waals surface area contributed by atoms with Crippen molar-refractivity contribution in [1.82, 2.24) is 25.3 Å². The molecule has 122 valence electrons. The highest BCUT2D eigenvalue weighted by Gasteiger charge is 2.23. The standard InChI is InChI=1S/C13H20N6OS.ClH/c1-13(2,3)11-17-18-12(21-11)16-10(20)9(14-4)8-6-15-19(5)7-8;/h6-7,9,14H,1-5H3,(H,16,18,20);1H. The Hall–Kier alpha value is -1.51. The highest BCUT2D eigenvalue weighted by Crippen LogP contribution is 2.28. The van der Waals surface area contributed by atoms with Crippen LogP contribution in [0.4, 0.5) is 5.13 Å². The smallest absolute Gasteiger partial charge is 0.248 e. The number of halogens is 1. The van der Waals surface area contributed by atoms with Crippen molar-refractivity contribution in [2.45, 2.75) is 32.2 Å². The van der Waals surface area contributed by atoms with Crippen LogP contribution in [0.3, 0.4) is 0 Å². The monoisotopic (exact) mass is 344 g/mol. The fourth-order valence-electron chi connectivity index (χ4n) is 1.79. The van der Waals surface area contributed by atoms with E-state index in [1.165, 1.54) is 11.3 Å². The Kier molecular flexibility index (Phi) is 6.04. The third-order valence-corrected chi connectivity index (χ3v) is 4.17. The van der Waals surface area contributed by atoms with Gasteiger partial charge in [-0.05, 0) is 7.05 Å². The van der Waals surface area contributed by atoms with Crippen LogP contribution in [0.5, 0.6) is 0 Å². The van der Waals surface area contributed by atoms with Gasteiger partial charge in [0.2, 0.25) is 11.0 Å². The first-order chi connectivity index (χ1) is 9.81. The van der Waals surface area contributed by atoms with Crippen LogP contribution in [0, 0.1) is 0 Å². The lowest BCUT2D eigenvalue weighted by Gasteiger charge is -2.13. The first-order valence-corrected chi connectivity index (χ1v) is 7.43. The summed E-state index contributed by atoms with van der Waals surface area (Å²) < 4.78 is 1.66. The molecular formula is C13H21ClN6OS. The first-order valence-electron chi connectivity index (χ1n) is 6.62. The molecule has 9 heteroatoms. The summed E-state index contributed by atoms with van der Waals surface area (Å²) in [7, 11) is 3.55. The third-order valence-electron chi connectivity index (χ3n) is 2.91. The van der Waals surface area contributed by atoms with Crippen LogP contribution in [0.1, 0.15) is 37.4 Å². The number of nitrogens with one attached hydrogen (secondary N) is 2. The summed E-state index contributed by atoms with van der Waals surface area (Å²) in [6, 6.07) is -0.472. The highest BCUT2D eigenvalue weighted by atomic mass is 35.5. The largest absolute Gasteiger partial charge is 0.305 e. The summed E-state index contributed by atoms with van der Waals surface area (Å²) in [5.74, 6) is -0.179. The summed E-state index contributed by atoms with van der Waals surface area (Å²) in [5, 5.41) is 19.4. The van der Waals surface area contributed by atoms with Crippen molar-refractivity contribution in [3.05, 3.63) is 23.0 Å². The van der Waals surface area contributed by atoms with Gasteiger partial charge in [0.25, 0.3) is 0 Å². The zero-order valence-electron chi connectivity index (χ0n) is 13.2.